The van der Waals surface area contributed by atoms with Crippen LogP contribution >= 0.6 is 11.8 Å². The van der Waals surface area contributed by atoms with Crippen LogP contribution in [0.2, 0.25) is 0 Å². The van der Waals surface area contributed by atoms with E-state index < -0.39 is 0 Å². The van der Waals surface area contributed by atoms with Gasteiger partial charge in [0.25, 0.3) is 0 Å². The molecule has 0 N–H and O–H groups in total. The second-order valence-corrected chi connectivity index (χ2v) is 6.30. The highest BCUT2D eigenvalue weighted by molar-refractivity contribution is 7.99. The molecule has 0 bridgehead atoms. The molecular formula is C16H21FN4O2S. The summed E-state index contributed by atoms with van der Waals surface area (Å²) >= 11 is 1.56. The van der Waals surface area contributed by atoms with E-state index in [2.05, 4.69) is 15.1 Å². The van der Waals surface area contributed by atoms with Crippen molar-refractivity contribution in [1.29, 1.82) is 0 Å². The van der Waals surface area contributed by atoms with E-state index in [0.717, 1.165) is 35.6 Å². The maximum Gasteiger partial charge on any atom is 0.232 e. The van der Waals surface area contributed by atoms with Crippen molar-refractivity contribution in [2.24, 2.45) is 0 Å². The number of benzene rings is 1. The van der Waals surface area contributed by atoms with Gasteiger partial charge in [-0.05, 0) is 25.1 Å². The third kappa shape index (κ3) is 4.06. The number of rotatable bonds is 7. The highest BCUT2D eigenvalue weighted by Gasteiger charge is 2.21. The summed E-state index contributed by atoms with van der Waals surface area (Å²) in [4.78, 5) is 2.12. The number of nitrogens with zero attached hydrogens (tertiary/aromatic N) is 4. The van der Waals surface area contributed by atoms with Crippen molar-refractivity contribution in [2.75, 3.05) is 50.2 Å². The van der Waals surface area contributed by atoms with Gasteiger partial charge in [0.15, 0.2) is 5.16 Å². The van der Waals surface area contributed by atoms with Crippen LogP contribution in [0.15, 0.2) is 29.4 Å². The first-order chi connectivity index (χ1) is 11.8. The largest absolute Gasteiger partial charge is 0.381 e. The number of aromatic nitrogens is 3. The van der Waals surface area contributed by atoms with Crippen LogP contribution in [0, 0.1) is 5.82 Å². The summed E-state index contributed by atoms with van der Waals surface area (Å²) in [6.07, 6.45) is 0. The fraction of sp³-hybridized carbons (Fsp3) is 0.500. The molecule has 24 heavy (non-hydrogen) atoms. The Bertz CT molecular complexity index is 661. The number of halogens is 1. The average molecular weight is 352 g/mol. The zero-order valence-corrected chi connectivity index (χ0v) is 14.5. The molecule has 1 aliphatic rings. The van der Waals surface area contributed by atoms with E-state index in [0.29, 0.717) is 26.4 Å². The van der Waals surface area contributed by atoms with Crippen LogP contribution in [0.4, 0.5) is 10.3 Å². The molecule has 8 heteroatoms. The zero-order valence-electron chi connectivity index (χ0n) is 13.7. The molecule has 3 rings (SSSR count). The Morgan fingerprint density at radius 3 is 2.88 bits per heavy atom. The van der Waals surface area contributed by atoms with Crippen LogP contribution in [0.3, 0.4) is 0 Å². The first-order valence-corrected chi connectivity index (χ1v) is 9.02. The van der Waals surface area contributed by atoms with E-state index in [1.807, 2.05) is 17.6 Å². The topological polar surface area (TPSA) is 52.4 Å². The van der Waals surface area contributed by atoms with Crippen molar-refractivity contribution >= 4 is 17.7 Å². The molecule has 130 valence electrons. The molecule has 0 spiro atoms. The minimum atomic E-state index is -0.278. The maximum atomic E-state index is 13.7. The van der Waals surface area contributed by atoms with Crippen LogP contribution in [0.1, 0.15) is 6.92 Å². The highest BCUT2D eigenvalue weighted by atomic mass is 32.2. The van der Waals surface area contributed by atoms with E-state index in [9.17, 15) is 4.39 Å². The molecule has 6 nitrogen and oxygen atoms in total. The smallest absolute Gasteiger partial charge is 0.232 e. The summed E-state index contributed by atoms with van der Waals surface area (Å²) in [7, 11) is 0. The molecule has 1 aliphatic heterocycles. The summed E-state index contributed by atoms with van der Waals surface area (Å²) in [5, 5.41) is 9.39. The number of hydrogen-bond acceptors (Lipinski definition) is 6. The lowest BCUT2D eigenvalue weighted by molar-refractivity contribution is 0.122. The van der Waals surface area contributed by atoms with E-state index in [1.54, 1.807) is 17.8 Å². The van der Waals surface area contributed by atoms with Crippen molar-refractivity contribution < 1.29 is 13.9 Å². The molecule has 0 radical (unpaired) electrons. The normalized spacial score (nSPS) is 15.0. The molecule has 0 saturated carbocycles. The monoisotopic (exact) mass is 352 g/mol. The fourth-order valence-corrected chi connectivity index (χ4v) is 3.30. The average Bonchev–Trinajstić information content (AvgIpc) is 3.03. The molecular weight excluding hydrogens is 331 g/mol. The predicted octanol–water partition coefficient (Wildman–Crippen LogP) is 2.37. The molecule has 1 aromatic heterocycles. The number of anilines is 1. The van der Waals surface area contributed by atoms with Gasteiger partial charge in [-0.1, -0.05) is 17.8 Å². The molecule has 1 saturated heterocycles. The van der Waals surface area contributed by atoms with Gasteiger partial charge in [0, 0.05) is 25.4 Å². The first-order valence-electron chi connectivity index (χ1n) is 8.04. The van der Waals surface area contributed by atoms with Gasteiger partial charge < -0.3 is 14.4 Å². The molecule has 0 amide bonds. The zero-order chi connectivity index (χ0) is 16.8. The molecule has 0 atom stereocenters. The Hall–Kier alpha value is -1.64. The van der Waals surface area contributed by atoms with Gasteiger partial charge in [-0.3, -0.25) is 4.57 Å². The van der Waals surface area contributed by atoms with Gasteiger partial charge in [-0.2, -0.15) is 0 Å². The van der Waals surface area contributed by atoms with E-state index >= 15 is 0 Å². The molecule has 1 aromatic carbocycles. The number of ether oxygens (including phenoxy) is 2. The van der Waals surface area contributed by atoms with Gasteiger partial charge in [-0.25, -0.2) is 4.39 Å². The fourth-order valence-electron chi connectivity index (χ4n) is 2.50. The van der Waals surface area contributed by atoms with Crippen molar-refractivity contribution in [3.05, 3.63) is 30.1 Å². The minimum absolute atomic E-state index is 0.278. The van der Waals surface area contributed by atoms with Gasteiger partial charge in [0.1, 0.15) is 5.82 Å². The Balaban J connectivity index is 1.89. The van der Waals surface area contributed by atoms with Crippen molar-refractivity contribution in [2.45, 2.75) is 12.1 Å². The lowest BCUT2D eigenvalue weighted by Gasteiger charge is -2.27. The van der Waals surface area contributed by atoms with Crippen LogP contribution in [-0.4, -0.2) is 60.0 Å². The van der Waals surface area contributed by atoms with E-state index in [1.165, 1.54) is 12.1 Å². The van der Waals surface area contributed by atoms with Crippen LogP contribution in [0.25, 0.3) is 5.69 Å². The molecule has 0 aliphatic carbocycles. The second kappa shape index (κ2) is 8.46. The van der Waals surface area contributed by atoms with E-state index in [4.69, 9.17) is 9.47 Å². The quantitative estimate of drug-likeness (QED) is 0.563. The molecule has 0 unspecified atom stereocenters. The third-order valence-corrected chi connectivity index (χ3v) is 4.53. The molecule has 2 aromatic rings. The Labute approximate surface area is 145 Å². The second-order valence-electron chi connectivity index (χ2n) is 5.24. The predicted molar refractivity (Wildman–Crippen MR) is 91.6 cm³/mol. The van der Waals surface area contributed by atoms with E-state index in [-0.39, 0.29) is 5.82 Å². The Morgan fingerprint density at radius 2 is 2.12 bits per heavy atom. The Kier molecular flexibility index (Phi) is 6.06. The summed E-state index contributed by atoms with van der Waals surface area (Å²) in [6.45, 7) is 6.11. The molecule has 1 fully saturated rings. The first kappa shape index (κ1) is 17.2. The third-order valence-electron chi connectivity index (χ3n) is 3.64. The standard InChI is InChI=1S/C16H21FN4O2S/c1-2-22-10-11-24-16-19-18-15(20-6-8-23-9-7-20)21(16)14-5-3-4-13(17)12-14/h3-5,12H,2,6-11H2,1H3. The number of hydrogen-bond donors (Lipinski definition) is 0. The van der Waals surface area contributed by atoms with Gasteiger partial charge in [0.2, 0.25) is 5.95 Å². The minimum Gasteiger partial charge on any atom is -0.381 e. The van der Waals surface area contributed by atoms with Crippen LogP contribution in [0.5, 0.6) is 0 Å². The van der Waals surface area contributed by atoms with Crippen molar-refractivity contribution in [1.82, 2.24) is 14.8 Å². The van der Waals surface area contributed by atoms with Gasteiger partial charge in [0.05, 0.1) is 25.5 Å². The number of thioether (sulfide) groups is 1. The van der Waals surface area contributed by atoms with Crippen LogP contribution in [-0.2, 0) is 9.47 Å². The SMILES string of the molecule is CCOCCSc1nnc(N2CCOCC2)n1-c1cccc(F)c1. The lowest BCUT2D eigenvalue weighted by atomic mass is 10.3. The van der Waals surface area contributed by atoms with Crippen molar-refractivity contribution in [3.63, 3.8) is 0 Å². The summed E-state index contributed by atoms with van der Waals surface area (Å²) in [5.41, 5.74) is 0.723. The summed E-state index contributed by atoms with van der Waals surface area (Å²) < 4.78 is 26.4. The Morgan fingerprint density at radius 1 is 1.29 bits per heavy atom. The van der Waals surface area contributed by atoms with Gasteiger partial charge in [-0.15, -0.1) is 10.2 Å². The maximum absolute atomic E-state index is 13.7. The van der Waals surface area contributed by atoms with Crippen LogP contribution < -0.4 is 4.90 Å². The lowest BCUT2D eigenvalue weighted by Crippen LogP contribution is -2.37. The summed E-state index contributed by atoms with van der Waals surface area (Å²) in [5.74, 6) is 1.21. The highest BCUT2D eigenvalue weighted by Crippen LogP contribution is 2.27. The number of morpholine rings is 1. The molecule has 2 heterocycles. The van der Waals surface area contributed by atoms with Gasteiger partial charge >= 0.3 is 0 Å². The van der Waals surface area contributed by atoms with Crippen molar-refractivity contribution in [3.8, 4) is 5.69 Å². The summed E-state index contributed by atoms with van der Waals surface area (Å²) in [6, 6.07) is 6.50.